The van der Waals surface area contributed by atoms with E-state index in [9.17, 15) is 14.5 Å². The first kappa shape index (κ1) is 14.0. The fourth-order valence-electron chi connectivity index (χ4n) is 1.81. The Morgan fingerprint density at radius 2 is 1.95 bits per heavy atom. The number of hydrogen-bond acceptors (Lipinski definition) is 4. The molecule has 0 aliphatic rings. The molecular weight excluding hydrogens is 263 g/mol. The van der Waals surface area contributed by atoms with Crippen molar-refractivity contribution in [3.05, 3.63) is 63.5 Å². The number of nitrogens with zero attached hydrogens (tertiary/aromatic N) is 1. The molecule has 0 radical (unpaired) electrons. The molecule has 2 N–H and O–H groups in total. The molecule has 0 aromatic heterocycles. The molecule has 0 aliphatic heterocycles. The van der Waals surface area contributed by atoms with Gasteiger partial charge in [-0.2, -0.15) is 0 Å². The Labute approximate surface area is 114 Å². The summed E-state index contributed by atoms with van der Waals surface area (Å²) in [6.07, 6.45) is 0. The van der Waals surface area contributed by atoms with Gasteiger partial charge in [0.15, 0.2) is 0 Å². The van der Waals surface area contributed by atoms with E-state index in [-0.39, 0.29) is 12.3 Å². The van der Waals surface area contributed by atoms with Crippen molar-refractivity contribution >= 4 is 5.69 Å². The van der Waals surface area contributed by atoms with Gasteiger partial charge >= 0.3 is 5.69 Å². The molecule has 0 aliphatic carbocycles. The molecule has 6 heteroatoms. The monoisotopic (exact) mass is 276 g/mol. The highest BCUT2D eigenvalue weighted by Crippen LogP contribution is 2.33. The summed E-state index contributed by atoms with van der Waals surface area (Å²) in [6.45, 7) is 2.15. The zero-order valence-corrected chi connectivity index (χ0v) is 10.8. The van der Waals surface area contributed by atoms with E-state index in [0.717, 1.165) is 23.3 Å². The predicted octanol–water partition coefficient (Wildman–Crippen LogP) is 3.29. The number of nitro benzene ring substituents is 1. The number of halogens is 1. The van der Waals surface area contributed by atoms with Crippen LogP contribution in [0.25, 0.3) is 0 Å². The van der Waals surface area contributed by atoms with Gasteiger partial charge in [-0.25, -0.2) is 4.39 Å². The van der Waals surface area contributed by atoms with Crippen LogP contribution in [0.15, 0.2) is 36.4 Å². The van der Waals surface area contributed by atoms with Crippen LogP contribution in [0.1, 0.15) is 11.1 Å². The largest absolute Gasteiger partial charge is 0.450 e. The second-order valence-electron chi connectivity index (χ2n) is 4.29. The lowest BCUT2D eigenvalue weighted by molar-refractivity contribution is -0.385. The van der Waals surface area contributed by atoms with Crippen molar-refractivity contribution in [2.45, 2.75) is 13.5 Å². The molecule has 5 nitrogen and oxygen atoms in total. The van der Waals surface area contributed by atoms with Crippen LogP contribution in [0.4, 0.5) is 10.1 Å². The van der Waals surface area contributed by atoms with Gasteiger partial charge in [0.2, 0.25) is 5.75 Å². The summed E-state index contributed by atoms with van der Waals surface area (Å²) in [7, 11) is 0. The minimum atomic E-state index is -0.688. The lowest BCUT2D eigenvalue weighted by atomic mass is 10.1. The average Bonchev–Trinajstić information content (AvgIpc) is 2.42. The Hall–Kier alpha value is -2.47. The Morgan fingerprint density at radius 1 is 1.25 bits per heavy atom. The third-order valence-electron chi connectivity index (χ3n) is 2.77. The molecule has 0 unspecified atom stereocenters. The van der Waals surface area contributed by atoms with Crippen LogP contribution in [0.3, 0.4) is 0 Å². The maximum atomic E-state index is 13.1. The Bertz CT molecular complexity index is 659. The molecule has 0 spiro atoms. The van der Waals surface area contributed by atoms with Gasteiger partial charge in [-0.3, -0.25) is 10.1 Å². The summed E-state index contributed by atoms with van der Waals surface area (Å²) in [5.41, 5.74) is 6.93. The molecule has 0 saturated heterocycles. The van der Waals surface area contributed by atoms with E-state index in [1.54, 1.807) is 6.07 Å². The molecule has 0 atom stereocenters. The van der Waals surface area contributed by atoms with Gasteiger partial charge in [-0.05, 0) is 25.1 Å². The van der Waals surface area contributed by atoms with Crippen LogP contribution in [0.2, 0.25) is 0 Å². The Morgan fingerprint density at radius 3 is 2.60 bits per heavy atom. The first-order valence-electron chi connectivity index (χ1n) is 5.92. The number of aryl methyl sites for hydroxylation is 1. The van der Waals surface area contributed by atoms with Crippen molar-refractivity contribution in [1.29, 1.82) is 0 Å². The second kappa shape index (κ2) is 5.66. The predicted molar refractivity (Wildman–Crippen MR) is 72.2 cm³/mol. The molecule has 0 bridgehead atoms. The van der Waals surface area contributed by atoms with Crippen molar-refractivity contribution in [2.75, 3.05) is 0 Å². The molecule has 0 saturated carbocycles. The lowest BCUT2D eigenvalue weighted by Gasteiger charge is -2.11. The number of nitro groups is 1. The van der Waals surface area contributed by atoms with Crippen molar-refractivity contribution in [1.82, 2.24) is 0 Å². The first-order valence-corrected chi connectivity index (χ1v) is 5.92. The number of ether oxygens (including phenoxy) is 1. The van der Waals surface area contributed by atoms with E-state index in [2.05, 4.69) is 0 Å². The molecular formula is C14H13FN2O3. The fourth-order valence-corrected chi connectivity index (χ4v) is 1.81. The molecule has 2 aromatic carbocycles. The molecule has 0 heterocycles. The van der Waals surface area contributed by atoms with E-state index < -0.39 is 16.4 Å². The highest BCUT2D eigenvalue weighted by atomic mass is 19.1. The Kier molecular flexibility index (Phi) is 3.95. The number of rotatable bonds is 4. The summed E-state index contributed by atoms with van der Waals surface area (Å²) in [5.74, 6) is -0.283. The van der Waals surface area contributed by atoms with Crippen LogP contribution in [-0.2, 0) is 6.54 Å². The van der Waals surface area contributed by atoms with E-state index in [4.69, 9.17) is 10.5 Å². The van der Waals surface area contributed by atoms with Gasteiger partial charge in [0.25, 0.3) is 0 Å². The summed E-state index contributed by atoms with van der Waals surface area (Å²) in [4.78, 5) is 10.2. The van der Waals surface area contributed by atoms with Gasteiger partial charge in [0.05, 0.1) is 11.0 Å². The molecule has 0 fully saturated rings. The van der Waals surface area contributed by atoms with Gasteiger partial charge < -0.3 is 10.5 Å². The SMILES string of the molecule is Cc1ccc(Oc2ccc(F)cc2[N+](=O)[O-])c(CN)c1. The van der Waals surface area contributed by atoms with E-state index in [0.29, 0.717) is 5.75 Å². The molecule has 104 valence electrons. The first-order chi connectivity index (χ1) is 9.51. The molecule has 2 rings (SSSR count). The highest BCUT2D eigenvalue weighted by Gasteiger charge is 2.18. The van der Waals surface area contributed by atoms with E-state index >= 15 is 0 Å². The zero-order valence-electron chi connectivity index (χ0n) is 10.8. The quantitative estimate of drug-likeness (QED) is 0.686. The fraction of sp³-hybridized carbons (Fsp3) is 0.143. The van der Waals surface area contributed by atoms with Crippen molar-refractivity contribution < 1.29 is 14.1 Å². The summed E-state index contributed by atoms with van der Waals surface area (Å²) in [6, 6.07) is 8.50. The molecule has 20 heavy (non-hydrogen) atoms. The smallest absolute Gasteiger partial charge is 0.314 e. The third kappa shape index (κ3) is 2.92. The summed E-state index contributed by atoms with van der Waals surface area (Å²) in [5, 5.41) is 10.9. The van der Waals surface area contributed by atoms with E-state index in [1.807, 2.05) is 19.1 Å². The van der Waals surface area contributed by atoms with Crippen LogP contribution in [0, 0.1) is 22.9 Å². The standard InChI is InChI=1S/C14H13FN2O3/c1-9-2-4-13(10(6-9)8-16)20-14-5-3-11(15)7-12(14)17(18)19/h2-7H,8,16H2,1H3. The maximum Gasteiger partial charge on any atom is 0.314 e. The molecule has 0 amide bonds. The van der Waals surface area contributed by atoms with Crippen molar-refractivity contribution in [3.63, 3.8) is 0 Å². The maximum absolute atomic E-state index is 13.1. The lowest BCUT2D eigenvalue weighted by Crippen LogP contribution is -2.01. The summed E-state index contributed by atoms with van der Waals surface area (Å²) < 4.78 is 18.6. The average molecular weight is 276 g/mol. The minimum Gasteiger partial charge on any atom is -0.450 e. The third-order valence-corrected chi connectivity index (χ3v) is 2.77. The van der Waals surface area contributed by atoms with Gasteiger partial charge in [-0.15, -0.1) is 0 Å². The van der Waals surface area contributed by atoms with Gasteiger partial charge in [0, 0.05) is 12.1 Å². The highest BCUT2D eigenvalue weighted by molar-refractivity contribution is 5.50. The topological polar surface area (TPSA) is 78.4 Å². The Balaban J connectivity index is 2.42. The second-order valence-corrected chi connectivity index (χ2v) is 4.29. The van der Waals surface area contributed by atoms with Gasteiger partial charge in [0.1, 0.15) is 11.6 Å². The number of benzene rings is 2. The molecule has 2 aromatic rings. The number of hydrogen-bond donors (Lipinski definition) is 1. The minimum absolute atomic E-state index is 0.0186. The zero-order chi connectivity index (χ0) is 14.7. The summed E-state index contributed by atoms with van der Waals surface area (Å²) >= 11 is 0. The van der Waals surface area contributed by atoms with E-state index in [1.165, 1.54) is 6.07 Å². The van der Waals surface area contributed by atoms with Gasteiger partial charge in [-0.1, -0.05) is 17.7 Å². The normalized spacial score (nSPS) is 10.3. The number of nitrogens with two attached hydrogens (primary N) is 1. The van der Waals surface area contributed by atoms with Crippen LogP contribution < -0.4 is 10.5 Å². The van der Waals surface area contributed by atoms with Crippen LogP contribution in [0.5, 0.6) is 11.5 Å². The van der Waals surface area contributed by atoms with Crippen LogP contribution in [-0.4, -0.2) is 4.92 Å². The van der Waals surface area contributed by atoms with Crippen LogP contribution >= 0.6 is 0 Å². The van der Waals surface area contributed by atoms with Crippen molar-refractivity contribution in [3.8, 4) is 11.5 Å². The van der Waals surface area contributed by atoms with Crippen molar-refractivity contribution in [2.24, 2.45) is 5.73 Å².